The highest BCUT2D eigenvalue weighted by Crippen LogP contribution is 2.40. The van der Waals surface area contributed by atoms with Crippen molar-refractivity contribution in [3.8, 4) is 11.1 Å². The quantitative estimate of drug-likeness (QED) is 0.193. The van der Waals surface area contributed by atoms with E-state index in [1.165, 1.54) is 0 Å². The van der Waals surface area contributed by atoms with Crippen LogP contribution in [0.25, 0.3) is 32.8 Å². The van der Waals surface area contributed by atoms with Crippen LogP contribution in [0, 0.1) is 0 Å². The molecular formula is C37H26Cl2N4O2. The summed E-state index contributed by atoms with van der Waals surface area (Å²) >= 11 is 12.6. The molecule has 2 aromatic heterocycles. The van der Waals surface area contributed by atoms with Crippen LogP contribution in [0.15, 0.2) is 128 Å². The third kappa shape index (κ3) is 5.34. The van der Waals surface area contributed by atoms with Gasteiger partial charge in [0.2, 0.25) is 0 Å². The number of nitrogens with one attached hydrogen (secondary N) is 1. The van der Waals surface area contributed by atoms with Crippen LogP contribution < -0.4 is 5.32 Å². The summed E-state index contributed by atoms with van der Waals surface area (Å²) in [6.45, 7) is 0. The highest BCUT2D eigenvalue weighted by molar-refractivity contribution is 6.31. The molecule has 0 bridgehead atoms. The molecule has 220 valence electrons. The Morgan fingerprint density at radius 2 is 1.58 bits per heavy atom. The molecule has 2 heterocycles. The van der Waals surface area contributed by atoms with Gasteiger partial charge in [0.05, 0.1) is 23.7 Å². The van der Waals surface area contributed by atoms with Gasteiger partial charge < -0.3 is 15.0 Å². The monoisotopic (exact) mass is 628 g/mol. The van der Waals surface area contributed by atoms with E-state index in [0.717, 1.165) is 27.3 Å². The third-order valence-electron chi connectivity index (χ3n) is 8.06. The number of hydrogen-bond acceptors (Lipinski definition) is 4. The Morgan fingerprint density at radius 1 is 0.800 bits per heavy atom. The van der Waals surface area contributed by atoms with Gasteiger partial charge in [-0.1, -0.05) is 83.9 Å². The average Bonchev–Trinajstić information content (AvgIpc) is 3.50. The van der Waals surface area contributed by atoms with Crippen molar-refractivity contribution < 1.29 is 9.90 Å². The number of aryl methyl sites for hydroxylation is 1. The molecule has 1 amide bonds. The van der Waals surface area contributed by atoms with Crippen molar-refractivity contribution in [2.45, 2.75) is 5.60 Å². The van der Waals surface area contributed by atoms with E-state index in [4.69, 9.17) is 28.2 Å². The second-order valence-electron chi connectivity index (χ2n) is 10.9. The summed E-state index contributed by atoms with van der Waals surface area (Å²) < 4.78 is 1.79. The molecule has 5 aromatic carbocycles. The Labute approximate surface area is 269 Å². The maximum Gasteiger partial charge on any atom is 0.256 e. The number of carbonyl (C=O) groups is 1. The topological polar surface area (TPSA) is 80.0 Å². The zero-order valence-electron chi connectivity index (χ0n) is 24.1. The van der Waals surface area contributed by atoms with Crippen molar-refractivity contribution in [2.75, 3.05) is 5.32 Å². The molecule has 0 spiro atoms. The molecule has 8 heteroatoms. The van der Waals surface area contributed by atoms with Gasteiger partial charge in [0.25, 0.3) is 5.91 Å². The number of pyridine rings is 1. The number of rotatable bonds is 6. The van der Waals surface area contributed by atoms with Crippen molar-refractivity contribution in [1.82, 2.24) is 14.5 Å². The number of aromatic nitrogens is 3. The molecule has 0 saturated heterocycles. The largest absolute Gasteiger partial charge is 0.374 e. The first kappa shape index (κ1) is 28.7. The van der Waals surface area contributed by atoms with E-state index >= 15 is 0 Å². The van der Waals surface area contributed by atoms with Gasteiger partial charge in [0, 0.05) is 28.0 Å². The Bertz CT molecular complexity index is 2230. The summed E-state index contributed by atoms with van der Waals surface area (Å²) in [6.07, 6.45) is 3.31. The number of hydrogen-bond donors (Lipinski definition) is 2. The van der Waals surface area contributed by atoms with Crippen LogP contribution in [-0.2, 0) is 12.6 Å². The van der Waals surface area contributed by atoms with Gasteiger partial charge in [-0.2, -0.15) is 0 Å². The van der Waals surface area contributed by atoms with E-state index < -0.39 is 5.60 Å². The van der Waals surface area contributed by atoms with Gasteiger partial charge in [-0.15, -0.1) is 0 Å². The van der Waals surface area contributed by atoms with Gasteiger partial charge >= 0.3 is 0 Å². The van der Waals surface area contributed by atoms with Crippen LogP contribution in [-0.4, -0.2) is 25.5 Å². The van der Waals surface area contributed by atoms with Gasteiger partial charge in [-0.25, -0.2) is 9.97 Å². The number of amides is 1. The molecule has 0 aliphatic carbocycles. The number of aliphatic hydroxyl groups is 1. The average molecular weight is 630 g/mol. The molecule has 0 aliphatic heterocycles. The molecule has 0 radical (unpaired) electrons. The second kappa shape index (κ2) is 11.5. The van der Waals surface area contributed by atoms with Crippen molar-refractivity contribution in [3.63, 3.8) is 0 Å². The molecular weight excluding hydrogens is 603 g/mol. The predicted molar refractivity (Wildman–Crippen MR) is 181 cm³/mol. The number of halogens is 2. The lowest BCUT2D eigenvalue weighted by atomic mass is 9.82. The van der Waals surface area contributed by atoms with Gasteiger partial charge in [0.15, 0.2) is 5.60 Å². The Morgan fingerprint density at radius 3 is 2.33 bits per heavy atom. The third-order valence-corrected chi connectivity index (χ3v) is 8.55. The molecule has 7 aromatic rings. The molecule has 6 nitrogen and oxygen atoms in total. The standard InChI is InChI=1S/C37H26Cl2N4O2/c1-43-22-40-21-34(43)37(45,27-11-14-29(38)15-12-27)28-13-16-33-32(19-28)31(25-7-4-8-30(39)18-25)20-35(41-33)42-36(44)26-10-9-23-5-2-3-6-24(23)17-26/h2-22,45H,1H3,(H,41,42,44). The lowest BCUT2D eigenvalue weighted by molar-refractivity contribution is 0.102. The van der Waals surface area contributed by atoms with Crippen LogP contribution in [0.3, 0.4) is 0 Å². The van der Waals surface area contributed by atoms with Crippen LogP contribution in [0.4, 0.5) is 5.82 Å². The normalized spacial score (nSPS) is 12.7. The summed E-state index contributed by atoms with van der Waals surface area (Å²) in [5, 5.41) is 19.5. The highest BCUT2D eigenvalue weighted by Gasteiger charge is 2.37. The predicted octanol–water partition coefficient (Wildman–Crippen LogP) is 8.63. The van der Waals surface area contributed by atoms with E-state index in [-0.39, 0.29) is 5.91 Å². The van der Waals surface area contributed by atoms with Crippen molar-refractivity contribution in [2.24, 2.45) is 7.05 Å². The van der Waals surface area contributed by atoms with E-state index in [0.29, 0.717) is 43.8 Å². The summed E-state index contributed by atoms with van der Waals surface area (Å²) in [5.74, 6) is 0.123. The zero-order valence-corrected chi connectivity index (χ0v) is 25.6. The van der Waals surface area contributed by atoms with Crippen LogP contribution in [0.2, 0.25) is 10.0 Å². The minimum atomic E-state index is -1.56. The number of benzene rings is 5. The highest BCUT2D eigenvalue weighted by atomic mass is 35.5. The lowest BCUT2D eigenvalue weighted by Crippen LogP contribution is -2.31. The Hall–Kier alpha value is -5.01. The number of fused-ring (bicyclic) bond motifs is 2. The maximum atomic E-state index is 13.4. The number of nitrogens with zero attached hydrogens (tertiary/aromatic N) is 3. The second-order valence-corrected chi connectivity index (χ2v) is 11.8. The smallest absolute Gasteiger partial charge is 0.256 e. The fourth-order valence-corrected chi connectivity index (χ4v) is 6.10. The first-order valence-corrected chi connectivity index (χ1v) is 15.0. The van der Waals surface area contributed by atoms with Crippen LogP contribution in [0.1, 0.15) is 27.2 Å². The molecule has 2 N–H and O–H groups in total. The molecule has 0 saturated carbocycles. The summed E-state index contributed by atoms with van der Waals surface area (Å²) in [7, 11) is 1.84. The number of anilines is 1. The van der Waals surface area contributed by atoms with Crippen molar-refractivity contribution >= 4 is 56.6 Å². The lowest BCUT2D eigenvalue weighted by Gasteiger charge is -2.30. The Balaban J connectivity index is 1.38. The fourth-order valence-electron chi connectivity index (χ4n) is 5.79. The molecule has 1 unspecified atom stereocenters. The summed E-state index contributed by atoms with van der Waals surface area (Å²) in [5.41, 5.74) is 3.06. The summed E-state index contributed by atoms with van der Waals surface area (Å²) in [6, 6.07) is 35.6. The molecule has 1 atom stereocenters. The van der Waals surface area contributed by atoms with E-state index in [9.17, 15) is 9.90 Å². The first-order chi connectivity index (χ1) is 21.8. The van der Waals surface area contributed by atoms with Crippen molar-refractivity contribution in [1.29, 1.82) is 0 Å². The minimum Gasteiger partial charge on any atom is -0.374 e. The fraction of sp³-hybridized carbons (Fsp3) is 0.0541. The van der Waals surface area contributed by atoms with Gasteiger partial charge in [-0.05, 0) is 87.6 Å². The molecule has 45 heavy (non-hydrogen) atoms. The van der Waals surface area contributed by atoms with E-state index in [2.05, 4.69) is 10.3 Å². The van der Waals surface area contributed by atoms with E-state index in [1.54, 1.807) is 47.4 Å². The van der Waals surface area contributed by atoms with Crippen LogP contribution >= 0.6 is 23.2 Å². The molecule has 0 aliphatic rings. The number of carbonyl (C=O) groups excluding carboxylic acids is 1. The maximum absolute atomic E-state index is 13.4. The molecule has 0 fully saturated rings. The zero-order chi connectivity index (χ0) is 31.1. The summed E-state index contributed by atoms with van der Waals surface area (Å²) in [4.78, 5) is 22.5. The van der Waals surface area contributed by atoms with Crippen LogP contribution in [0.5, 0.6) is 0 Å². The van der Waals surface area contributed by atoms with Gasteiger partial charge in [-0.3, -0.25) is 4.79 Å². The first-order valence-electron chi connectivity index (χ1n) is 14.3. The minimum absolute atomic E-state index is 0.269. The molecule has 7 rings (SSSR count). The SMILES string of the molecule is Cn1cncc1C(O)(c1ccc(Cl)cc1)c1ccc2nc(NC(=O)c3ccc4ccccc4c3)cc(-c3cccc(Cl)c3)c2c1. The van der Waals surface area contributed by atoms with Gasteiger partial charge in [0.1, 0.15) is 5.82 Å². The van der Waals surface area contributed by atoms with Crippen molar-refractivity contribution in [3.05, 3.63) is 160 Å². The number of imidazole rings is 1. The van der Waals surface area contributed by atoms with E-state index in [1.807, 2.05) is 92.0 Å². The Kier molecular flexibility index (Phi) is 7.34.